The van der Waals surface area contributed by atoms with Gasteiger partial charge in [0, 0.05) is 23.1 Å². The molecule has 2 aliphatic rings. The summed E-state index contributed by atoms with van der Waals surface area (Å²) in [6, 6.07) is 14.5. The number of amides is 1. The molecule has 1 unspecified atom stereocenters. The number of fused-ring (bicyclic) bond motifs is 3. The number of H-pyrrole nitrogens is 1. The van der Waals surface area contributed by atoms with Gasteiger partial charge in [-0.1, -0.05) is 55.7 Å². The molecule has 0 radical (unpaired) electrons. The summed E-state index contributed by atoms with van der Waals surface area (Å²) in [4.78, 5) is 19.5. The van der Waals surface area contributed by atoms with E-state index < -0.39 is 0 Å². The van der Waals surface area contributed by atoms with Crippen molar-refractivity contribution < 1.29 is 4.79 Å². The maximum atomic E-state index is 13.8. The Kier molecular flexibility index (Phi) is 5.63. The summed E-state index contributed by atoms with van der Waals surface area (Å²) in [6.45, 7) is 4.87. The monoisotopic (exact) mass is 468 g/mol. The van der Waals surface area contributed by atoms with Gasteiger partial charge >= 0.3 is 0 Å². The molecule has 0 spiro atoms. The number of nitrogens with zero attached hydrogens (tertiary/aromatic N) is 5. The van der Waals surface area contributed by atoms with Gasteiger partial charge in [-0.25, -0.2) is 0 Å². The summed E-state index contributed by atoms with van der Waals surface area (Å²) >= 11 is 0. The van der Waals surface area contributed by atoms with E-state index in [9.17, 15) is 4.79 Å². The first-order valence-corrected chi connectivity index (χ1v) is 12.8. The molecule has 0 bridgehead atoms. The van der Waals surface area contributed by atoms with Gasteiger partial charge in [0.25, 0.3) is 0 Å². The van der Waals surface area contributed by atoms with Crippen LogP contribution in [0.4, 0.5) is 0 Å². The molecule has 1 N–H and O–H groups in total. The molecule has 4 aromatic rings. The molecule has 180 valence electrons. The predicted octanol–water partition coefficient (Wildman–Crippen LogP) is 5.01. The van der Waals surface area contributed by atoms with Crippen LogP contribution in [0.25, 0.3) is 16.6 Å². The molecule has 1 aliphatic heterocycles. The van der Waals surface area contributed by atoms with E-state index in [0.29, 0.717) is 18.9 Å². The van der Waals surface area contributed by atoms with Gasteiger partial charge in [0.2, 0.25) is 5.91 Å². The molecule has 0 saturated heterocycles. The maximum absolute atomic E-state index is 13.8. The van der Waals surface area contributed by atoms with Crippen LogP contribution in [0.5, 0.6) is 0 Å². The van der Waals surface area contributed by atoms with Crippen LogP contribution in [-0.4, -0.2) is 42.5 Å². The second kappa shape index (κ2) is 8.95. The average molecular weight is 469 g/mol. The van der Waals surface area contributed by atoms with Crippen LogP contribution >= 0.6 is 0 Å². The molecule has 1 amide bonds. The van der Waals surface area contributed by atoms with Crippen LogP contribution in [0.3, 0.4) is 0 Å². The quantitative estimate of drug-likeness (QED) is 0.457. The zero-order valence-electron chi connectivity index (χ0n) is 20.5. The van der Waals surface area contributed by atoms with E-state index in [4.69, 9.17) is 0 Å². The SMILES string of the molecule is Cc1cccc(C)c1-n1nnnc1C(C1CCCCC1)N1CCc2c([nH]c3ccccc23)CC1=O. The fourth-order valence-electron chi connectivity index (χ4n) is 6.33. The highest BCUT2D eigenvalue weighted by Crippen LogP contribution is 2.40. The highest BCUT2D eigenvalue weighted by atomic mass is 16.2. The van der Waals surface area contributed by atoms with Crippen LogP contribution in [0.1, 0.15) is 66.4 Å². The lowest BCUT2D eigenvalue weighted by molar-refractivity contribution is -0.134. The normalized spacial score (nSPS) is 18.0. The lowest BCUT2D eigenvalue weighted by atomic mass is 9.82. The van der Waals surface area contributed by atoms with Crippen LogP contribution in [-0.2, 0) is 17.6 Å². The van der Waals surface area contributed by atoms with Crippen LogP contribution in [0, 0.1) is 19.8 Å². The van der Waals surface area contributed by atoms with Crippen molar-refractivity contribution >= 4 is 16.8 Å². The molecule has 6 rings (SSSR count). The van der Waals surface area contributed by atoms with Crippen LogP contribution in [0.15, 0.2) is 42.5 Å². The Morgan fingerprint density at radius 3 is 2.57 bits per heavy atom. The standard InChI is InChI=1S/C28H32N6O/c1-18-9-8-10-19(2)26(18)34-28(30-31-32-34)27(20-11-4-3-5-12-20)33-16-15-22-21-13-6-7-14-23(21)29-24(22)17-25(33)35/h6-10,13-14,20,27,29H,3-5,11-12,15-17H2,1-2H3. The fourth-order valence-corrected chi connectivity index (χ4v) is 6.33. The largest absolute Gasteiger partial charge is 0.358 e. The molecule has 1 saturated carbocycles. The van der Waals surface area contributed by atoms with Gasteiger partial charge in [0.15, 0.2) is 5.82 Å². The molecule has 2 aromatic carbocycles. The minimum absolute atomic E-state index is 0.132. The average Bonchev–Trinajstić information content (AvgIpc) is 3.42. The van der Waals surface area contributed by atoms with Gasteiger partial charge in [-0.05, 0) is 72.2 Å². The lowest BCUT2D eigenvalue weighted by Gasteiger charge is -2.37. The Morgan fingerprint density at radius 2 is 1.77 bits per heavy atom. The Balaban J connectivity index is 1.42. The van der Waals surface area contributed by atoms with Crippen molar-refractivity contribution in [2.45, 2.75) is 64.8 Å². The second-order valence-corrected chi connectivity index (χ2v) is 10.2. The summed E-state index contributed by atoms with van der Waals surface area (Å²) in [5, 5.41) is 14.4. The van der Waals surface area contributed by atoms with Crippen molar-refractivity contribution in [2.75, 3.05) is 6.54 Å². The zero-order chi connectivity index (χ0) is 23.9. The van der Waals surface area contributed by atoms with Crippen molar-refractivity contribution in [3.8, 4) is 5.69 Å². The third-order valence-corrected chi connectivity index (χ3v) is 7.99. The van der Waals surface area contributed by atoms with Gasteiger partial charge in [0.1, 0.15) is 0 Å². The second-order valence-electron chi connectivity index (χ2n) is 10.2. The van der Waals surface area contributed by atoms with Gasteiger partial charge in [-0.15, -0.1) is 5.10 Å². The number of para-hydroxylation sites is 2. The number of carbonyl (C=O) groups is 1. The number of rotatable bonds is 4. The lowest BCUT2D eigenvalue weighted by Crippen LogP contribution is -2.41. The predicted molar refractivity (Wildman–Crippen MR) is 135 cm³/mol. The number of nitrogens with one attached hydrogen (secondary N) is 1. The molecule has 3 heterocycles. The van der Waals surface area contributed by atoms with Crippen molar-refractivity contribution in [1.82, 2.24) is 30.1 Å². The highest BCUT2D eigenvalue weighted by Gasteiger charge is 2.38. The number of aromatic amines is 1. The summed E-state index contributed by atoms with van der Waals surface area (Å²) in [5.41, 5.74) is 6.71. The number of aromatic nitrogens is 5. The molecule has 1 aliphatic carbocycles. The molecule has 2 aromatic heterocycles. The molecule has 1 fully saturated rings. The van der Waals surface area contributed by atoms with Gasteiger partial charge in [0.05, 0.1) is 18.2 Å². The van der Waals surface area contributed by atoms with E-state index in [-0.39, 0.29) is 11.9 Å². The third-order valence-electron chi connectivity index (χ3n) is 7.99. The van der Waals surface area contributed by atoms with E-state index in [2.05, 4.69) is 75.7 Å². The van der Waals surface area contributed by atoms with E-state index in [1.165, 1.54) is 30.2 Å². The topological polar surface area (TPSA) is 79.7 Å². The first-order chi connectivity index (χ1) is 17.1. The third kappa shape index (κ3) is 3.83. The first kappa shape index (κ1) is 22.0. The summed E-state index contributed by atoms with van der Waals surface area (Å²) in [5.74, 6) is 1.30. The summed E-state index contributed by atoms with van der Waals surface area (Å²) in [7, 11) is 0. The minimum Gasteiger partial charge on any atom is -0.358 e. The molecule has 35 heavy (non-hydrogen) atoms. The Hall–Kier alpha value is -3.48. The number of hydrogen-bond acceptors (Lipinski definition) is 4. The molecule has 7 nitrogen and oxygen atoms in total. The van der Waals surface area contributed by atoms with Gasteiger partial charge < -0.3 is 9.88 Å². The number of benzene rings is 2. The number of carbonyl (C=O) groups excluding carboxylic acids is 1. The molecule has 1 atom stereocenters. The van der Waals surface area contributed by atoms with Gasteiger partial charge in [-0.3, -0.25) is 4.79 Å². The van der Waals surface area contributed by atoms with Crippen LogP contribution < -0.4 is 0 Å². The Morgan fingerprint density at radius 1 is 1.00 bits per heavy atom. The zero-order valence-corrected chi connectivity index (χ0v) is 20.5. The first-order valence-electron chi connectivity index (χ1n) is 12.8. The molecular weight excluding hydrogens is 436 g/mol. The van der Waals surface area contributed by atoms with Crippen molar-refractivity contribution in [2.24, 2.45) is 5.92 Å². The highest BCUT2D eigenvalue weighted by molar-refractivity contribution is 5.88. The maximum Gasteiger partial charge on any atom is 0.229 e. The van der Waals surface area contributed by atoms with Crippen molar-refractivity contribution in [3.63, 3.8) is 0 Å². The van der Waals surface area contributed by atoms with E-state index in [1.54, 1.807) is 0 Å². The summed E-state index contributed by atoms with van der Waals surface area (Å²) < 4.78 is 1.90. The number of aryl methyl sites for hydroxylation is 2. The number of tetrazole rings is 1. The molecular formula is C28H32N6O. The van der Waals surface area contributed by atoms with E-state index >= 15 is 0 Å². The summed E-state index contributed by atoms with van der Waals surface area (Å²) in [6.07, 6.45) is 7.06. The minimum atomic E-state index is -0.132. The molecule has 7 heteroatoms. The van der Waals surface area contributed by atoms with Crippen LogP contribution in [0.2, 0.25) is 0 Å². The Bertz CT molecular complexity index is 1360. The number of hydrogen-bond donors (Lipinski definition) is 1. The van der Waals surface area contributed by atoms with E-state index in [1.807, 2.05) is 10.7 Å². The fraction of sp³-hybridized carbons (Fsp3) is 0.429. The van der Waals surface area contributed by atoms with Crippen molar-refractivity contribution in [1.29, 1.82) is 0 Å². The van der Waals surface area contributed by atoms with Gasteiger partial charge in [-0.2, -0.15) is 4.68 Å². The van der Waals surface area contributed by atoms with Crippen molar-refractivity contribution in [3.05, 3.63) is 70.7 Å². The Labute approximate surface area is 205 Å². The smallest absolute Gasteiger partial charge is 0.229 e. The van der Waals surface area contributed by atoms with E-state index in [0.717, 1.165) is 53.1 Å².